The molecule has 0 radical (unpaired) electrons. The van der Waals surface area contributed by atoms with Crippen LogP contribution in [0.15, 0.2) is 30.6 Å². The lowest BCUT2D eigenvalue weighted by Gasteiger charge is -2.31. The van der Waals surface area contributed by atoms with Crippen LogP contribution in [0.25, 0.3) is 0 Å². The highest BCUT2D eigenvalue weighted by Crippen LogP contribution is 2.35. The summed E-state index contributed by atoms with van der Waals surface area (Å²) >= 11 is 0. The Morgan fingerprint density at radius 3 is 2.61 bits per heavy atom. The molecule has 2 heterocycles. The lowest BCUT2D eigenvalue weighted by Crippen LogP contribution is -2.35. The number of nitrogens with zero attached hydrogens (tertiary/aromatic N) is 4. The van der Waals surface area contributed by atoms with Gasteiger partial charge in [-0.15, -0.1) is 13.2 Å². The Balaban J connectivity index is 1.86. The Bertz CT molecular complexity index is 845. The van der Waals surface area contributed by atoms with Gasteiger partial charge in [0.2, 0.25) is 11.6 Å². The largest absolute Gasteiger partial charge is 0.573 e. The minimum Gasteiger partial charge on any atom is -0.406 e. The van der Waals surface area contributed by atoms with Gasteiger partial charge in [-0.05, 0) is 43.0 Å². The Labute approximate surface area is 158 Å². The van der Waals surface area contributed by atoms with Crippen molar-refractivity contribution in [2.75, 3.05) is 23.3 Å². The highest BCUT2D eigenvalue weighted by Gasteiger charge is 2.31. The molecule has 1 unspecified atom stereocenters. The third kappa shape index (κ3) is 4.78. The minimum absolute atomic E-state index is 0.0299. The van der Waals surface area contributed by atoms with Crippen LogP contribution < -0.4 is 15.0 Å². The van der Waals surface area contributed by atoms with Gasteiger partial charge in [0.1, 0.15) is 12.1 Å². The van der Waals surface area contributed by atoms with Crippen molar-refractivity contribution >= 4 is 23.0 Å². The second-order valence-electron chi connectivity index (χ2n) is 6.54. The molecule has 3 rings (SSSR count). The molecular formula is C17H18F3N5O3. The zero-order valence-corrected chi connectivity index (χ0v) is 14.9. The van der Waals surface area contributed by atoms with Gasteiger partial charge >= 0.3 is 12.0 Å². The summed E-state index contributed by atoms with van der Waals surface area (Å²) in [6.45, 7) is 3.38. The van der Waals surface area contributed by atoms with Crippen molar-refractivity contribution < 1.29 is 22.8 Å². The highest BCUT2D eigenvalue weighted by molar-refractivity contribution is 5.74. The lowest BCUT2D eigenvalue weighted by atomic mass is 10.0. The monoisotopic (exact) mass is 397 g/mol. The standard InChI is InChI=1S/C17H18F3N5O3/c1-11-3-2-8-24(9-11)16-14(25(26)27)15(21-10-22-16)23-12-4-6-13(7-5-12)28-17(18,19)20/h4-7,10-11H,2-3,8-9H2,1H3,(H,21,22,23). The van der Waals surface area contributed by atoms with Crippen LogP contribution >= 0.6 is 0 Å². The maximum Gasteiger partial charge on any atom is 0.573 e. The van der Waals surface area contributed by atoms with Crippen molar-refractivity contribution in [1.29, 1.82) is 0 Å². The van der Waals surface area contributed by atoms with Crippen LogP contribution in [0.4, 0.5) is 36.2 Å². The van der Waals surface area contributed by atoms with Gasteiger partial charge in [0.15, 0.2) is 0 Å². The van der Waals surface area contributed by atoms with Crippen molar-refractivity contribution in [2.45, 2.75) is 26.1 Å². The third-order valence-corrected chi connectivity index (χ3v) is 4.29. The van der Waals surface area contributed by atoms with E-state index in [1.54, 1.807) is 0 Å². The van der Waals surface area contributed by atoms with Gasteiger partial charge in [-0.1, -0.05) is 6.92 Å². The van der Waals surface area contributed by atoms with E-state index in [1.165, 1.54) is 18.5 Å². The van der Waals surface area contributed by atoms with Gasteiger partial charge < -0.3 is 15.0 Å². The molecule has 0 aliphatic carbocycles. The fourth-order valence-electron chi connectivity index (χ4n) is 3.12. The van der Waals surface area contributed by atoms with Gasteiger partial charge in [-0.25, -0.2) is 9.97 Å². The van der Waals surface area contributed by atoms with E-state index in [0.717, 1.165) is 25.0 Å². The number of piperidine rings is 1. The molecule has 0 bridgehead atoms. The predicted octanol–water partition coefficient (Wildman–Crippen LogP) is 4.26. The normalized spacial score (nSPS) is 17.3. The highest BCUT2D eigenvalue weighted by atomic mass is 19.4. The van der Waals surface area contributed by atoms with E-state index in [4.69, 9.17) is 0 Å². The van der Waals surface area contributed by atoms with Gasteiger partial charge in [0.25, 0.3) is 0 Å². The molecule has 1 aliphatic rings. The first-order valence-electron chi connectivity index (χ1n) is 8.60. The number of benzene rings is 1. The summed E-state index contributed by atoms with van der Waals surface area (Å²) < 4.78 is 40.5. The average molecular weight is 397 g/mol. The number of nitrogens with one attached hydrogen (secondary N) is 1. The summed E-state index contributed by atoms with van der Waals surface area (Å²) in [6, 6.07) is 4.84. The quantitative estimate of drug-likeness (QED) is 0.595. The number of halogens is 3. The van der Waals surface area contributed by atoms with E-state index >= 15 is 0 Å². The first-order chi connectivity index (χ1) is 13.2. The molecule has 1 aromatic heterocycles. The number of nitro groups is 1. The van der Waals surface area contributed by atoms with E-state index in [0.29, 0.717) is 24.7 Å². The van der Waals surface area contributed by atoms with Crippen LogP contribution in [0, 0.1) is 16.0 Å². The summed E-state index contributed by atoms with van der Waals surface area (Å²) in [5.41, 5.74) is 0.0569. The molecule has 1 atom stereocenters. The number of ether oxygens (including phenoxy) is 1. The van der Waals surface area contributed by atoms with Crippen LogP contribution in [0.3, 0.4) is 0 Å². The van der Waals surface area contributed by atoms with Crippen LogP contribution in [-0.4, -0.2) is 34.3 Å². The maximum atomic E-state index is 12.2. The van der Waals surface area contributed by atoms with Crippen LogP contribution in [0.5, 0.6) is 5.75 Å². The van der Waals surface area contributed by atoms with Crippen molar-refractivity contribution in [2.24, 2.45) is 5.92 Å². The zero-order chi connectivity index (χ0) is 20.3. The Kier molecular flexibility index (Phi) is 5.52. The van der Waals surface area contributed by atoms with Crippen LogP contribution in [0.2, 0.25) is 0 Å². The SMILES string of the molecule is CC1CCCN(c2ncnc(Nc3ccc(OC(F)(F)F)cc3)c2[N+](=O)[O-])C1. The molecule has 0 saturated carbocycles. The minimum atomic E-state index is -4.79. The molecule has 0 amide bonds. The summed E-state index contributed by atoms with van der Waals surface area (Å²) in [5.74, 6) is 0.197. The molecule has 150 valence electrons. The van der Waals surface area contributed by atoms with E-state index in [9.17, 15) is 23.3 Å². The first-order valence-corrected chi connectivity index (χ1v) is 8.60. The van der Waals surface area contributed by atoms with Gasteiger partial charge in [-0.3, -0.25) is 10.1 Å². The van der Waals surface area contributed by atoms with E-state index < -0.39 is 17.0 Å². The summed E-state index contributed by atoms with van der Waals surface area (Å²) in [7, 11) is 0. The van der Waals surface area contributed by atoms with Gasteiger partial charge in [0.05, 0.1) is 4.92 Å². The van der Waals surface area contributed by atoms with Crippen molar-refractivity contribution in [3.63, 3.8) is 0 Å². The number of rotatable bonds is 5. The summed E-state index contributed by atoms with van der Waals surface area (Å²) in [5, 5.41) is 14.5. The number of alkyl halides is 3. The maximum absolute atomic E-state index is 12.2. The molecule has 1 N–H and O–H groups in total. The molecule has 8 nitrogen and oxygen atoms in total. The second-order valence-corrected chi connectivity index (χ2v) is 6.54. The summed E-state index contributed by atoms with van der Waals surface area (Å²) in [4.78, 5) is 21.0. The molecule has 11 heteroatoms. The fourth-order valence-corrected chi connectivity index (χ4v) is 3.12. The molecule has 1 fully saturated rings. The van der Waals surface area contributed by atoms with E-state index in [1.807, 2.05) is 4.90 Å². The zero-order valence-electron chi connectivity index (χ0n) is 14.9. The van der Waals surface area contributed by atoms with Crippen molar-refractivity contribution in [3.05, 3.63) is 40.7 Å². The van der Waals surface area contributed by atoms with Crippen molar-refractivity contribution in [3.8, 4) is 5.75 Å². The molecule has 1 saturated heterocycles. The fraction of sp³-hybridized carbons (Fsp3) is 0.412. The number of hydrogen-bond acceptors (Lipinski definition) is 7. The Morgan fingerprint density at radius 2 is 2.00 bits per heavy atom. The smallest absolute Gasteiger partial charge is 0.406 e. The first kappa shape index (κ1) is 19.6. The van der Waals surface area contributed by atoms with E-state index in [-0.39, 0.29) is 17.3 Å². The molecule has 2 aromatic rings. The predicted molar refractivity (Wildman–Crippen MR) is 95.7 cm³/mol. The van der Waals surface area contributed by atoms with Crippen LogP contribution in [-0.2, 0) is 0 Å². The molecule has 1 aliphatic heterocycles. The number of anilines is 3. The number of hydrogen-bond donors (Lipinski definition) is 1. The number of aromatic nitrogens is 2. The van der Waals surface area contributed by atoms with Gasteiger partial charge in [-0.2, -0.15) is 0 Å². The molecule has 28 heavy (non-hydrogen) atoms. The Hall–Kier alpha value is -3.11. The lowest BCUT2D eigenvalue weighted by molar-refractivity contribution is -0.383. The second kappa shape index (κ2) is 7.87. The van der Waals surface area contributed by atoms with Crippen LogP contribution in [0.1, 0.15) is 19.8 Å². The molecule has 1 aromatic carbocycles. The molecular weight excluding hydrogens is 379 g/mol. The topological polar surface area (TPSA) is 93.4 Å². The third-order valence-electron chi connectivity index (χ3n) is 4.29. The molecule has 0 spiro atoms. The average Bonchev–Trinajstić information content (AvgIpc) is 2.62. The Morgan fingerprint density at radius 1 is 1.29 bits per heavy atom. The summed E-state index contributed by atoms with van der Waals surface area (Å²) in [6.07, 6.45) is -1.61. The van der Waals surface area contributed by atoms with Gasteiger partial charge in [0, 0.05) is 18.8 Å². The van der Waals surface area contributed by atoms with E-state index in [2.05, 4.69) is 26.9 Å². The van der Waals surface area contributed by atoms with Crippen molar-refractivity contribution in [1.82, 2.24) is 9.97 Å².